The van der Waals surface area contributed by atoms with Crippen LogP contribution in [-0.2, 0) is 16.1 Å². The van der Waals surface area contributed by atoms with Crippen LogP contribution in [-0.4, -0.2) is 41.2 Å². The normalized spacial score (nSPS) is 14.1. The quantitative estimate of drug-likeness (QED) is 0.433. The second kappa shape index (κ2) is 10.9. The van der Waals surface area contributed by atoms with Crippen LogP contribution >= 0.6 is 0 Å². The van der Waals surface area contributed by atoms with Gasteiger partial charge in [0.15, 0.2) is 0 Å². The summed E-state index contributed by atoms with van der Waals surface area (Å²) in [6.45, 7) is 5.90. The zero-order valence-corrected chi connectivity index (χ0v) is 21.0. The highest BCUT2D eigenvalue weighted by atomic mass is 19.1. The van der Waals surface area contributed by atoms with Gasteiger partial charge in [-0.05, 0) is 50.3 Å². The van der Waals surface area contributed by atoms with Crippen LogP contribution in [0.15, 0.2) is 60.7 Å². The molecule has 3 aromatic carbocycles. The number of rotatable bonds is 10. The van der Waals surface area contributed by atoms with E-state index in [2.05, 4.69) is 5.32 Å². The Morgan fingerprint density at radius 3 is 2.47 bits per heavy atom. The monoisotopic (exact) mass is 489 g/mol. The number of amides is 3. The van der Waals surface area contributed by atoms with Crippen LogP contribution in [0.25, 0.3) is 10.8 Å². The van der Waals surface area contributed by atoms with Crippen LogP contribution < -0.4 is 10.2 Å². The fraction of sp³-hybridized carbons (Fsp3) is 0.345. The van der Waals surface area contributed by atoms with Gasteiger partial charge < -0.3 is 15.1 Å². The molecule has 1 heterocycles. The third kappa shape index (κ3) is 5.10. The molecular formula is C29H32FN3O3. The molecule has 0 radical (unpaired) electrons. The van der Waals surface area contributed by atoms with Gasteiger partial charge in [0.1, 0.15) is 11.9 Å². The minimum absolute atomic E-state index is 0.00596. The average molecular weight is 490 g/mol. The summed E-state index contributed by atoms with van der Waals surface area (Å²) in [6, 6.07) is 17.0. The minimum atomic E-state index is -0.766. The average Bonchev–Trinajstić information content (AvgIpc) is 3.15. The molecule has 0 fully saturated rings. The second-order valence-electron chi connectivity index (χ2n) is 9.35. The van der Waals surface area contributed by atoms with Gasteiger partial charge in [0.05, 0.1) is 5.69 Å². The first-order valence-electron chi connectivity index (χ1n) is 12.5. The van der Waals surface area contributed by atoms with Crippen molar-refractivity contribution < 1.29 is 18.8 Å². The van der Waals surface area contributed by atoms with Crippen molar-refractivity contribution in [1.82, 2.24) is 10.2 Å². The number of benzene rings is 3. The van der Waals surface area contributed by atoms with E-state index >= 15 is 0 Å². The van der Waals surface area contributed by atoms with Crippen molar-refractivity contribution in [3.8, 4) is 0 Å². The fourth-order valence-corrected chi connectivity index (χ4v) is 4.59. The zero-order valence-electron chi connectivity index (χ0n) is 21.0. The molecule has 1 aliphatic heterocycles. The molecule has 3 amide bonds. The van der Waals surface area contributed by atoms with E-state index in [1.54, 1.807) is 30.0 Å². The number of carbonyl (C=O) groups excluding carboxylic acids is 3. The van der Waals surface area contributed by atoms with Gasteiger partial charge in [0.2, 0.25) is 11.8 Å². The lowest BCUT2D eigenvalue weighted by Crippen LogP contribution is -2.49. The predicted octanol–water partition coefficient (Wildman–Crippen LogP) is 5.05. The lowest BCUT2D eigenvalue weighted by molar-refractivity contribution is -0.141. The van der Waals surface area contributed by atoms with E-state index in [-0.39, 0.29) is 36.7 Å². The first-order valence-corrected chi connectivity index (χ1v) is 12.5. The Labute approximate surface area is 211 Å². The molecule has 0 aliphatic carbocycles. The van der Waals surface area contributed by atoms with Gasteiger partial charge in [-0.25, -0.2) is 4.39 Å². The highest BCUT2D eigenvalue weighted by Gasteiger charge is 2.30. The van der Waals surface area contributed by atoms with E-state index < -0.39 is 11.9 Å². The highest BCUT2D eigenvalue weighted by Crippen LogP contribution is 2.37. The Morgan fingerprint density at radius 1 is 1.03 bits per heavy atom. The standard InChI is InChI=1S/C29H32FN3O3/c1-4-19(2)31-28(35)20(3)33(18-22-10-5-6-14-24(22)30)26(34)16-9-17-32-25-15-8-12-21-11-7-13-23(27(21)25)29(32)36/h5-8,10-15,19-20H,4,9,16-18H2,1-3H3,(H,31,35)/t19-,20+/m1/s1. The molecule has 2 atom stereocenters. The van der Waals surface area contributed by atoms with Crippen molar-refractivity contribution in [2.24, 2.45) is 0 Å². The third-order valence-corrected chi connectivity index (χ3v) is 6.89. The molecular weight excluding hydrogens is 457 g/mol. The zero-order chi connectivity index (χ0) is 25.8. The summed E-state index contributed by atoms with van der Waals surface area (Å²) in [5, 5.41) is 4.86. The number of hydrogen-bond acceptors (Lipinski definition) is 3. The molecule has 0 saturated heterocycles. The lowest BCUT2D eigenvalue weighted by Gasteiger charge is -2.30. The maximum absolute atomic E-state index is 14.4. The van der Waals surface area contributed by atoms with Gasteiger partial charge >= 0.3 is 0 Å². The van der Waals surface area contributed by atoms with Crippen molar-refractivity contribution in [3.05, 3.63) is 77.6 Å². The highest BCUT2D eigenvalue weighted by molar-refractivity contribution is 6.25. The first kappa shape index (κ1) is 25.4. The second-order valence-corrected chi connectivity index (χ2v) is 9.35. The summed E-state index contributed by atoms with van der Waals surface area (Å²) < 4.78 is 14.4. The molecule has 188 valence electrons. The largest absolute Gasteiger partial charge is 0.352 e. The van der Waals surface area contributed by atoms with Crippen molar-refractivity contribution >= 4 is 34.2 Å². The van der Waals surface area contributed by atoms with Crippen LogP contribution in [0.2, 0.25) is 0 Å². The van der Waals surface area contributed by atoms with E-state index in [9.17, 15) is 18.8 Å². The summed E-state index contributed by atoms with van der Waals surface area (Å²) in [4.78, 5) is 42.4. The van der Waals surface area contributed by atoms with Crippen LogP contribution in [0.4, 0.5) is 10.1 Å². The fourth-order valence-electron chi connectivity index (χ4n) is 4.59. The van der Waals surface area contributed by atoms with Crippen LogP contribution in [0.1, 0.15) is 56.0 Å². The van der Waals surface area contributed by atoms with Gasteiger partial charge in [0.25, 0.3) is 5.91 Å². The van der Waals surface area contributed by atoms with Crippen LogP contribution in [0.3, 0.4) is 0 Å². The van der Waals surface area contributed by atoms with E-state index in [1.807, 2.05) is 50.2 Å². The molecule has 6 nitrogen and oxygen atoms in total. The van der Waals surface area contributed by atoms with E-state index in [0.29, 0.717) is 24.1 Å². The number of nitrogens with one attached hydrogen (secondary N) is 1. The van der Waals surface area contributed by atoms with Crippen molar-refractivity contribution in [1.29, 1.82) is 0 Å². The Morgan fingerprint density at radius 2 is 1.75 bits per heavy atom. The summed E-state index contributed by atoms with van der Waals surface area (Å²) in [5.41, 5.74) is 1.88. The van der Waals surface area contributed by atoms with Gasteiger partial charge in [0, 0.05) is 42.1 Å². The van der Waals surface area contributed by atoms with Crippen LogP contribution in [0.5, 0.6) is 0 Å². The van der Waals surface area contributed by atoms with Gasteiger partial charge in [-0.3, -0.25) is 14.4 Å². The number of nitrogens with zero attached hydrogens (tertiary/aromatic N) is 2. The summed E-state index contributed by atoms with van der Waals surface area (Å²) in [7, 11) is 0. The molecule has 7 heteroatoms. The maximum Gasteiger partial charge on any atom is 0.258 e. The maximum atomic E-state index is 14.4. The van der Waals surface area contributed by atoms with Gasteiger partial charge in [-0.2, -0.15) is 0 Å². The van der Waals surface area contributed by atoms with E-state index in [0.717, 1.165) is 22.9 Å². The molecule has 1 aliphatic rings. The smallest absolute Gasteiger partial charge is 0.258 e. The summed E-state index contributed by atoms with van der Waals surface area (Å²) >= 11 is 0. The number of halogens is 1. The van der Waals surface area contributed by atoms with Crippen molar-refractivity contribution in [2.45, 2.75) is 58.7 Å². The molecule has 36 heavy (non-hydrogen) atoms. The molecule has 4 rings (SSSR count). The Bertz CT molecular complexity index is 1290. The Balaban J connectivity index is 1.47. The minimum Gasteiger partial charge on any atom is -0.352 e. The predicted molar refractivity (Wildman–Crippen MR) is 139 cm³/mol. The lowest BCUT2D eigenvalue weighted by atomic mass is 10.1. The molecule has 0 bridgehead atoms. The summed E-state index contributed by atoms with van der Waals surface area (Å²) in [5.74, 6) is -1.02. The first-order chi connectivity index (χ1) is 17.3. The Kier molecular flexibility index (Phi) is 7.67. The van der Waals surface area contributed by atoms with E-state index in [4.69, 9.17) is 0 Å². The SMILES string of the molecule is CC[C@@H](C)NC(=O)[C@H](C)N(Cc1ccccc1F)C(=O)CCCN1C(=O)c2cccc3cccc1c23. The molecule has 0 unspecified atom stereocenters. The topological polar surface area (TPSA) is 69.7 Å². The molecule has 0 saturated carbocycles. The van der Waals surface area contributed by atoms with Crippen molar-refractivity contribution in [3.63, 3.8) is 0 Å². The molecule has 3 aromatic rings. The molecule has 0 spiro atoms. The van der Waals surface area contributed by atoms with Gasteiger partial charge in [-0.1, -0.05) is 49.4 Å². The molecule has 0 aromatic heterocycles. The van der Waals surface area contributed by atoms with Gasteiger partial charge in [-0.15, -0.1) is 0 Å². The Hall–Kier alpha value is -3.74. The summed E-state index contributed by atoms with van der Waals surface area (Å²) in [6.07, 6.45) is 1.31. The third-order valence-electron chi connectivity index (χ3n) is 6.89. The number of carbonyl (C=O) groups is 3. The van der Waals surface area contributed by atoms with E-state index in [1.165, 1.54) is 11.0 Å². The van der Waals surface area contributed by atoms with Crippen molar-refractivity contribution in [2.75, 3.05) is 11.4 Å². The molecule has 1 N–H and O–H groups in total. The number of hydrogen-bond donors (Lipinski definition) is 1. The number of anilines is 1. The van der Waals surface area contributed by atoms with Crippen LogP contribution in [0, 0.1) is 5.82 Å².